The Balaban J connectivity index is 3.18. The van der Waals surface area contributed by atoms with Crippen molar-refractivity contribution in [2.45, 2.75) is 13.0 Å². The third-order valence-corrected chi connectivity index (χ3v) is 2.92. The van der Waals surface area contributed by atoms with Crippen LogP contribution in [-0.2, 0) is 9.53 Å². The van der Waals surface area contributed by atoms with Gasteiger partial charge in [0.25, 0.3) is 0 Å². The number of aryl methyl sites for hydroxylation is 1. The number of hydrogen-bond donors (Lipinski definition) is 1. The fourth-order valence-corrected chi connectivity index (χ4v) is 2.01. The van der Waals surface area contributed by atoms with E-state index in [1.165, 1.54) is 14.2 Å². The molecular formula is C11H13BrO4. The summed E-state index contributed by atoms with van der Waals surface area (Å²) in [6.07, 6.45) is -1.31. The van der Waals surface area contributed by atoms with Gasteiger partial charge < -0.3 is 14.6 Å². The highest BCUT2D eigenvalue weighted by molar-refractivity contribution is 9.10. The summed E-state index contributed by atoms with van der Waals surface area (Å²) >= 11 is 3.29. The normalized spacial score (nSPS) is 12.1. The summed E-state index contributed by atoms with van der Waals surface area (Å²) in [5.74, 6) is -0.0900. The third-order valence-electron chi connectivity index (χ3n) is 2.23. The maximum Gasteiger partial charge on any atom is 0.339 e. The molecule has 0 saturated heterocycles. The van der Waals surface area contributed by atoms with Crippen LogP contribution in [0.2, 0.25) is 0 Å². The van der Waals surface area contributed by atoms with E-state index in [9.17, 15) is 9.90 Å². The quantitative estimate of drug-likeness (QED) is 0.864. The Labute approximate surface area is 102 Å². The molecule has 0 radical (unpaired) electrons. The van der Waals surface area contributed by atoms with Crippen LogP contribution in [0.25, 0.3) is 0 Å². The minimum atomic E-state index is -1.31. The van der Waals surface area contributed by atoms with Crippen LogP contribution in [-0.4, -0.2) is 25.3 Å². The Hall–Kier alpha value is -1.07. The fraction of sp³-hybridized carbons (Fsp3) is 0.364. The molecule has 0 bridgehead atoms. The summed E-state index contributed by atoms with van der Waals surface area (Å²) in [5, 5.41) is 9.72. The van der Waals surface area contributed by atoms with Gasteiger partial charge in [-0.05, 0) is 24.6 Å². The number of methoxy groups -OCH3 is 2. The molecule has 1 N–H and O–H groups in total. The Bertz CT molecular complexity index is 403. The van der Waals surface area contributed by atoms with Gasteiger partial charge in [-0.25, -0.2) is 4.79 Å². The van der Waals surface area contributed by atoms with Crippen LogP contribution < -0.4 is 4.74 Å². The lowest BCUT2D eigenvalue weighted by atomic mass is 10.1. The molecular weight excluding hydrogens is 276 g/mol. The largest absolute Gasteiger partial charge is 0.496 e. The minimum Gasteiger partial charge on any atom is -0.496 e. The zero-order valence-electron chi connectivity index (χ0n) is 9.28. The minimum absolute atomic E-state index is 0.425. The zero-order chi connectivity index (χ0) is 12.3. The molecule has 0 aliphatic rings. The number of carbonyl (C=O) groups is 1. The van der Waals surface area contributed by atoms with Gasteiger partial charge >= 0.3 is 5.97 Å². The van der Waals surface area contributed by atoms with E-state index in [-0.39, 0.29) is 0 Å². The molecule has 0 aliphatic carbocycles. The molecule has 0 heterocycles. The number of aliphatic hydroxyl groups is 1. The molecule has 1 unspecified atom stereocenters. The van der Waals surface area contributed by atoms with Gasteiger partial charge in [0.2, 0.25) is 0 Å². The molecule has 0 amide bonds. The number of aliphatic hydroxyl groups excluding tert-OH is 1. The summed E-state index contributed by atoms with van der Waals surface area (Å²) < 4.78 is 10.2. The third kappa shape index (κ3) is 2.54. The molecule has 0 spiro atoms. The van der Waals surface area contributed by atoms with E-state index in [2.05, 4.69) is 20.7 Å². The van der Waals surface area contributed by atoms with E-state index in [0.29, 0.717) is 15.8 Å². The van der Waals surface area contributed by atoms with Gasteiger partial charge in [0.15, 0.2) is 6.10 Å². The Morgan fingerprint density at radius 1 is 1.44 bits per heavy atom. The van der Waals surface area contributed by atoms with Crippen molar-refractivity contribution < 1.29 is 19.4 Å². The van der Waals surface area contributed by atoms with Crippen LogP contribution >= 0.6 is 15.9 Å². The standard InChI is InChI=1S/C11H13BrO4/c1-6-4-8(12)7(5-9(6)15-2)10(13)11(14)16-3/h4-5,10,13H,1-3H3. The summed E-state index contributed by atoms with van der Waals surface area (Å²) in [6.45, 7) is 1.87. The second kappa shape index (κ2) is 5.32. The second-order valence-electron chi connectivity index (χ2n) is 3.27. The van der Waals surface area contributed by atoms with Crippen LogP contribution in [0.3, 0.4) is 0 Å². The molecule has 4 nitrogen and oxygen atoms in total. The average Bonchev–Trinajstić information content (AvgIpc) is 2.27. The van der Waals surface area contributed by atoms with E-state index in [0.717, 1.165) is 5.56 Å². The summed E-state index contributed by atoms with van der Waals surface area (Å²) in [7, 11) is 2.76. The van der Waals surface area contributed by atoms with Crippen molar-refractivity contribution in [2.75, 3.05) is 14.2 Å². The van der Waals surface area contributed by atoms with E-state index < -0.39 is 12.1 Å². The summed E-state index contributed by atoms with van der Waals surface area (Å²) in [4.78, 5) is 11.2. The van der Waals surface area contributed by atoms with Crippen molar-refractivity contribution in [2.24, 2.45) is 0 Å². The Morgan fingerprint density at radius 3 is 2.56 bits per heavy atom. The van der Waals surface area contributed by atoms with Crippen molar-refractivity contribution in [3.63, 3.8) is 0 Å². The molecule has 16 heavy (non-hydrogen) atoms. The van der Waals surface area contributed by atoms with Crippen LogP contribution in [0.5, 0.6) is 5.75 Å². The lowest BCUT2D eigenvalue weighted by Crippen LogP contribution is -2.14. The maximum atomic E-state index is 11.2. The topological polar surface area (TPSA) is 55.8 Å². The molecule has 1 aromatic rings. The molecule has 88 valence electrons. The first-order valence-electron chi connectivity index (χ1n) is 4.61. The zero-order valence-corrected chi connectivity index (χ0v) is 10.9. The molecule has 0 saturated carbocycles. The average molecular weight is 289 g/mol. The number of rotatable bonds is 3. The molecule has 1 aromatic carbocycles. The van der Waals surface area contributed by atoms with Crippen LogP contribution in [0.15, 0.2) is 16.6 Å². The van der Waals surface area contributed by atoms with Gasteiger partial charge in [-0.1, -0.05) is 15.9 Å². The van der Waals surface area contributed by atoms with E-state index in [4.69, 9.17) is 4.74 Å². The Kier molecular flexibility index (Phi) is 4.32. The molecule has 0 fully saturated rings. The number of esters is 1. The highest BCUT2D eigenvalue weighted by atomic mass is 79.9. The molecule has 1 rings (SSSR count). The van der Waals surface area contributed by atoms with Crippen LogP contribution in [0.1, 0.15) is 17.2 Å². The number of ether oxygens (including phenoxy) is 2. The molecule has 5 heteroatoms. The first-order valence-corrected chi connectivity index (χ1v) is 5.40. The van der Waals surface area contributed by atoms with Crippen LogP contribution in [0.4, 0.5) is 0 Å². The first-order chi connectivity index (χ1) is 7.51. The van der Waals surface area contributed by atoms with E-state index >= 15 is 0 Å². The Morgan fingerprint density at radius 2 is 2.06 bits per heavy atom. The van der Waals surface area contributed by atoms with E-state index in [1.807, 2.05) is 6.92 Å². The molecule has 1 atom stereocenters. The van der Waals surface area contributed by atoms with E-state index in [1.54, 1.807) is 12.1 Å². The van der Waals surface area contributed by atoms with Crippen molar-refractivity contribution in [1.29, 1.82) is 0 Å². The fourth-order valence-electron chi connectivity index (χ4n) is 1.34. The maximum absolute atomic E-state index is 11.2. The number of halogens is 1. The highest BCUT2D eigenvalue weighted by Crippen LogP contribution is 2.31. The van der Waals surface area contributed by atoms with Crippen molar-refractivity contribution in [3.8, 4) is 5.75 Å². The smallest absolute Gasteiger partial charge is 0.339 e. The first kappa shape index (κ1) is 13.0. The van der Waals surface area contributed by atoms with Gasteiger partial charge in [0.05, 0.1) is 14.2 Å². The number of benzene rings is 1. The highest BCUT2D eigenvalue weighted by Gasteiger charge is 2.21. The van der Waals surface area contributed by atoms with Gasteiger partial charge in [0, 0.05) is 10.0 Å². The van der Waals surface area contributed by atoms with Gasteiger partial charge in [-0.15, -0.1) is 0 Å². The molecule has 0 aliphatic heterocycles. The number of carbonyl (C=O) groups excluding carboxylic acids is 1. The lowest BCUT2D eigenvalue weighted by molar-refractivity contribution is -0.150. The van der Waals surface area contributed by atoms with Gasteiger partial charge in [0.1, 0.15) is 5.75 Å². The lowest BCUT2D eigenvalue weighted by Gasteiger charge is -2.13. The SMILES string of the molecule is COC(=O)C(O)c1cc(OC)c(C)cc1Br. The van der Waals surface area contributed by atoms with Crippen molar-refractivity contribution >= 4 is 21.9 Å². The van der Waals surface area contributed by atoms with Gasteiger partial charge in [-0.3, -0.25) is 0 Å². The predicted molar refractivity (Wildman–Crippen MR) is 62.4 cm³/mol. The molecule has 0 aromatic heterocycles. The predicted octanol–water partition coefficient (Wildman–Crippen LogP) is 1.97. The van der Waals surface area contributed by atoms with Crippen LogP contribution in [0, 0.1) is 6.92 Å². The number of hydrogen-bond acceptors (Lipinski definition) is 4. The van der Waals surface area contributed by atoms with Crippen molar-refractivity contribution in [1.82, 2.24) is 0 Å². The second-order valence-corrected chi connectivity index (χ2v) is 4.12. The van der Waals surface area contributed by atoms with Crippen molar-refractivity contribution in [3.05, 3.63) is 27.7 Å². The monoisotopic (exact) mass is 288 g/mol. The summed E-state index contributed by atoms with van der Waals surface area (Å²) in [5.41, 5.74) is 1.34. The summed E-state index contributed by atoms with van der Waals surface area (Å²) in [6, 6.07) is 3.39. The van der Waals surface area contributed by atoms with Gasteiger partial charge in [-0.2, -0.15) is 0 Å².